The minimum Gasteiger partial charge on any atom is -0.310 e. The molecule has 4 rings (SSSR count). The molecule has 0 spiro atoms. The maximum Gasteiger partial charge on any atom is 0.332 e. The van der Waals surface area contributed by atoms with Crippen molar-refractivity contribution in [2.45, 2.75) is 33.9 Å². The third-order valence-electron chi connectivity index (χ3n) is 4.84. The van der Waals surface area contributed by atoms with Gasteiger partial charge in [-0.1, -0.05) is 6.07 Å². The number of aryl methyl sites for hydroxylation is 3. The van der Waals surface area contributed by atoms with E-state index in [9.17, 15) is 9.59 Å². The Morgan fingerprint density at radius 2 is 1.76 bits per heavy atom. The van der Waals surface area contributed by atoms with Crippen molar-refractivity contribution < 1.29 is 0 Å². The normalized spacial score (nSPS) is 13.7. The molecule has 0 fully saturated rings. The third kappa shape index (κ3) is 2.15. The smallest absolute Gasteiger partial charge is 0.310 e. The number of nitrogens with zero attached hydrogens (tertiary/aromatic N) is 5. The van der Waals surface area contributed by atoms with Crippen LogP contribution in [0.15, 0.2) is 27.8 Å². The van der Waals surface area contributed by atoms with Crippen LogP contribution in [0.25, 0.3) is 11.2 Å². The van der Waals surface area contributed by atoms with Gasteiger partial charge in [-0.05, 0) is 44.0 Å². The molecule has 0 radical (unpaired) electrons. The lowest BCUT2D eigenvalue weighted by Crippen LogP contribution is -2.39. The van der Waals surface area contributed by atoms with Crippen molar-refractivity contribution in [3.63, 3.8) is 0 Å². The molecule has 0 unspecified atom stereocenters. The zero-order valence-electron chi connectivity index (χ0n) is 14.9. The molecule has 1 aromatic carbocycles. The van der Waals surface area contributed by atoms with Crippen molar-refractivity contribution in [1.29, 1.82) is 0 Å². The summed E-state index contributed by atoms with van der Waals surface area (Å²) in [6, 6.07) is 6.36. The summed E-state index contributed by atoms with van der Waals surface area (Å²) in [5, 5.41) is 0. The summed E-state index contributed by atoms with van der Waals surface area (Å²) < 4.78 is 4.66. The first-order valence-electron chi connectivity index (χ1n) is 8.48. The first-order valence-corrected chi connectivity index (χ1v) is 8.48. The first kappa shape index (κ1) is 15.7. The van der Waals surface area contributed by atoms with E-state index in [4.69, 9.17) is 0 Å². The third-order valence-corrected chi connectivity index (χ3v) is 4.84. The monoisotopic (exact) mass is 339 g/mol. The van der Waals surface area contributed by atoms with Gasteiger partial charge in [-0.25, -0.2) is 4.79 Å². The fourth-order valence-electron chi connectivity index (χ4n) is 3.71. The summed E-state index contributed by atoms with van der Waals surface area (Å²) in [7, 11) is 1.67. The number of anilines is 2. The summed E-state index contributed by atoms with van der Waals surface area (Å²) in [5.41, 5.74) is 3.80. The summed E-state index contributed by atoms with van der Waals surface area (Å²) in [6.45, 7) is 7.73. The number of fused-ring (bicyclic) bond motifs is 3. The molecule has 0 N–H and O–H groups in total. The van der Waals surface area contributed by atoms with Crippen LogP contribution in [0.5, 0.6) is 0 Å². The van der Waals surface area contributed by atoms with Crippen LogP contribution < -0.4 is 16.1 Å². The van der Waals surface area contributed by atoms with E-state index < -0.39 is 0 Å². The van der Waals surface area contributed by atoms with E-state index in [0.717, 1.165) is 18.2 Å². The molecule has 7 heteroatoms. The molecule has 0 saturated heterocycles. The predicted molar refractivity (Wildman–Crippen MR) is 97.8 cm³/mol. The van der Waals surface area contributed by atoms with Crippen molar-refractivity contribution in [2.75, 3.05) is 11.4 Å². The van der Waals surface area contributed by atoms with E-state index in [1.807, 2.05) is 4.57 Å². The van der Waals surface area contributed by atoms with Gasteiger partial charge in [-0.15, -0.1) is 0 Å². The molecule has 0 bridgehead atoms. The highest BCUT2D eigenvalue weighted by molar-refractivity contribution is 5.78. The van der Waals surface area contributed by atoms with Gasteiger partial charge < -0.3 is 9.47 Å². The molecule has 25 heavy (non-hydrogen) atoms. The van der Waals surface area contributed by atoms with E-state index in [1.54, 1.807) is 14.0 Å². The van der Waals surface area contributed by atoms with Gasteiger partial charge >= 0.3 is 5.69 Å². The lowest BCUT2D eigenvalue weighted by atomic mass is 10.1. The van der Waals surface area contributed by atoms with Crippen LogP contribution in [0, 0.1) is 13.8 Å². The quantitative estimate of drug-likeness (QED) is 0.713. The topological polar surface area (TPSA) is 65.1 Å². The van der Waals surface area contributed by atoms with E-state index in [-0.39, 0.29) is 11.2 Å². The summed E-state index contributed by atoms with van der Waals surface area (Å²) in [6.07, 6.45) is 0. The highest BCUT2D eigenvalue weighted by Crippen LogP contribution is 2.32. The summed E-state index contributed by atoms with van der Waals surface area (Å²) in [4.78, 5) is 31.9. The van der Waals surface area contributed by atoms with Gasteiger partial charge in [-0.2, -0.15) is 4.98 Å². The fourth-order valence-corrected chi connectivity index (χ4v) is 3.71. The molecule has 1 aliphatic heterocycles. The number of benzene rings is 1. The number of hydrogen-bond acceptors (Lipinski definition) is 4. The number of rotatable bonds is 2. The van der Waals surface area contributed by atoms with Crippen molar-refractivity contribution in [3.05, 3.63) is 50.2 Å². The summed E-state index contributed by atoms with van der Waals surface area (Å²) in [5.74, 6) is 0.723. The van der Waals surface area contributed by atoms with Crippen LogP contribution in [-0.2, 0) is 20.1 Å². The molecule has 0 atom stereocenters. The van der Waals surface area contributed by atoms with Gasteiger partial charge in [0, 0.05) is 32.4 Å². The second-order valence-electron chi connectivity index (χ2n) is 6.62. The van der Waals surface area contributed by atoms with E-state index in [2.05, 4.69) is 41.9 Å². The molecule has 130 valence electrons. The van der Waals surface area contributed by atoms with Crippen molar-refractivity contribution in [3.8, 4) is 0 Å². The molecule has 0 saturated carbocycles. The van der Waals surface area contributed by atoms with E-state index >= 15 is 0 Å². The van der Waals surface area contributed by atoms with Crippen LogP contribution in [-0.4, -0.2) is 25.2 Å². The predicted octanol–water partition coefficient (Wildman–Crippen LogP) is 1.69. The average Bonchev–Trinajstić information content (AvgIpc) is 3.11. The van der Waals surface area contributed by atoms with E-state index in [0.29, 0.717) is 24.3 Å². The van der Waals surface area contributed by atoms with Crippen molar-refractivity contribution >= 4 is 22.8 Å². The Labute approximate surface area is 144 Å². The van der Waals surface area contributed by atoms with Crippen LogP contribution in [0.1, 0.15) is 18.1 Å². The van der Waals surface area contributed by atoms with Crippen LogP contribution >= 0.6 is 0 Å². The second-order valence-corrected chi connectivity index (χ2v) is 6.62. The molecule has 7 nitrogen and oxygen atoms in total. The second kappa shape index (κ2) is 5.34. The molecular weight excluding hydrogens is 318 g/mol. The lowest BCUT2D eigenvalue weighted by Gasteiger charge is -2.17. The fraction of sp³-hybridized carbons (Fsp3) is 0.389. The SMILES string of the molecule is CCn1c(=O)c2c(nc3n2CCN3c2cc(C)cc(C)c2)n(C)c1=O. The standard InChI is InChI=1S/C18H21N5O2/c1-5-21-16(24)14-15(20(4)18(21)25)19-17-22(6-7-23(14)17)13-9-11(2)8-12(3)10-13/h8-10H,5-7H2,1-4H3. The Morgan fingerprint density at radius 1 is 1.08 bits per heavy atom. The van der Waals surface area contributed by atoms with Crippen LogP contribution in [0.4, 0.5) is 11.6 Å². The van der Waals surface area contributed by atoms with Crippen LogP contribution in [0.3, 0.4) is 0 Å². The molecule has 2 aromatic heterocycles. The van der Waals surface area contributed by atoms with Gasteiger partial charge in [0.1, 0.15) is 0 Å². The van der Waals surface area contributed by atoms with Gasteiger partial charge in [0.15, 0.2) is 11.2 Å². The molecule has 3 aromatic rings. The molecule has 0 amide bonds. The van der Waals surface area contributed by atoms with E-state index in [1.165, 1.54) is 20.3 Å². The van der Waals surface area contributed by atoms with Crippen molar-refractivity contribution in [2.24, 2.45) is 7.05 Å². The number of imidazole rings is 1. The molecule has 0 aliphatic carbocycles. The Balaban J connectivity index is 1.99. The van der Waals surface area contributed by atoms with Gasteiger partial charge in [0.2, 0.25) is 5.95 Å². The molecule has 3 heterocycles. The van der Waals surface area contributed by atoms with Crippen molar-refractivity contribution in [1.82, 2.24) is 18.7 Å². The minimum atomic E-state index is -0.324. The highest BCUT2D eigenvalue weighted by Gasteiger charge is 2.28. The number of hydrogen-bond donors (Lipinski definition) is 0. The Morgan fingerprint density at radius 3 is 2.40 bits per heavy atom. The minimum absolute atomic E-state index is 0.262. The van der Waals surface area contributed by atoms with Crippen LogP contribution in [0.2, 0.25) is 0 Å². The summed E-state index contributed by atoms with van der Waals surface area (Å²) >= 11 is 0. The first-order chi connectivity index (χ1) is 11.9. The largest absolute Gasteiger partial charge is 0.332 e. The Hall–Kier alpha value is -2.83. The Bertz CT molecular complexity index is 1100. The maximum atomic E-state index is 12.8. The Kier molecular flexibility index (Phi) is 3.35. The zero-order valence-corrected chi connectivity index (χ0v) is 14.9. The average molecular weight is 339 g/mol. The van der Waals surface area contributed by atoms with Gasteiger partial charge in [0.25, 0.3) is 5.56 Å². The number of aromatic nitrogens is 4. The zero-order chi connectivity index (χ0) is 17.9. The lowest BCUT2D eigenvalue weighted by molar-refractivity contribution is 0.633. The molecule has 1 aliphatic rings. The van der Waals surface area contributed by atoms with Gasteiger partial charge in [-0.3, -0.25) is 13.9 Å². The van der Waals surface area contributed by atoms with Gasteiger partial charge in [0.05, 0.1) is 0 Å². The molecular formula is C18H21N5O2. The maximum absolute atomic E-state index is 12.8. The highest BCUT2D eigenvalue weighted by atomic mass is 16.2.